The Morgan fingerprint density at radius 3 is 2.32 bits per heavy atom. The van der Waals surface area contributed by atoms with Crippen molar-refractivity contribution in [3.8, 4) is 0 Å². The van der Waals surface area contributed by atoms with Crippen LogP contribution in [0.4, 0.5) is 0 Å². The van der Waals surface area contributed by atoms with Crippen LogP contribution in [0, 0.1) is 0 Å². The van der Waals surface area contributed by atoms with Crippen molar-refractivity contribution >= 4 is 16.6 Å². The van der Waals surface area contributed by atoms with E-state index in [9.17, 15) is 4.79 Å². The van der Waals surface area contributed by atoms with Gasteiger partial charge in [-0.15, -0.1) is 0 Å². The van der Waals surface area contributed by atoms with Crippen molar-refractivity contribution in [1.29, 1.82) is 0 Å². The summed E-state index contributed by atoms with van der Waals surface area (Å²) in [5.41, 5.74) is 3.35. The first-order valence-electron chi connectivity index (χ1n) is 7.50. The topological polar surface area (TPSA) is 63.0 Å². The van der Waals surface area contributed by atoms with E-state index in [0.717, 1.165) is 16.6 Å². The number of aromatic nitrogens is 4. The van der Waals surface area contributed by atoms with E-state index in [2.05, 4.69) is 57.7 Å². The van der Waals surface area contributed by atoms with Crippen molar-refractivity contribution in [2.45, 2.75) is 52.4 Å². The van der Waals surface area contributed by atoms with Crippen LogP contribution in [0.5, 0.6) is 0 Å². The fourth-order valence-electron chi connectivity index (χ4n) is 2.75. The van der Waals surface area contributed by atoms with Crippen LogP contribution in [0.3, 0.4) is 0 Å². The number of fused-ring (bicyclic) bond motifs is 3. The summed E-state index contributed by atoms with van der Waals surface area (Å²) < 4.78 is 1.65. The summed E-state index contributed by atoms with van der Waals surface area (Å²) in [5.74, 6) is 0. The van der Waals surface area contributed by atoms with Crippen molar-refractivity contribution in [3.05, 3.63) is 40.1 Å². The van der Waals surface area contributed by atoms with Gasteiger partial charge in [0.05, 0.1) is 11.2 Å². The van der Waals surface area contributed by atoms with Crippen LogP contribution in [0.2, 0.25) is 0 Å². The lowest BCUT2D eigenvalue weighted by Gasteiger charge is -2.29. The van der Waals surface area contributed by atoms with Gasteiger partial charge in [0, 0.05) is 17.0 Å². The summed E-state index contributed by atoms with van der Waals surface area (Å²) >= 11 is 0. The van der Waals surface area contributed by atoms with Gasteiger partial charge in [0.15, 0.2) is 5.65 Å². The molecular weight excluding hydrogens is 276 g/mol. The Bertz CT molecular complexity index is 920. The van der Waals surface area contributed by atoms with Gasteiger partial charge in [-0.1, -0.05) is 41.5 Å². The summed E-state index contributed by atoms with van der Waals surface area (Å²) in [6.45, 7) is 13.1. The predicted octanol–water partition coefficient (Wildman–Crippen LogP) is 3.17. The van der Waals surface area contributed by atoms with E-state index < -0.39 is 0 Å². The average molecular weight is 298 g/mol. The Hall–Kier alpha value is -2.17. The first-order valence-corrected chi connectivity index (χ1v) is 7.50. The monoisotopic (exact) mass is 298 g/mol. The van der Waals surface area contributed by atoms with Gasteiger partial charge in [-0.25, -0.2) is 14.4 Å². The Balaban J connectivity index is 2.48. The first kappa shape index (κ1) is 14.8. The molecule has 0 bridgehead atoms. The third-order valence-corrected chi connectivity index (χ3v) is 3.84. The number of nitrogens with zero attached hydrogens (tertiary/aromatic N) is 3. The van der Waals surface area contributed by atoms with Gasteiger partial charge >= 0.3 is 5.69 Å². The SMILES string of the molecule is CC(C)(C)c1cc2c(ccn3[nH]c(=O)nc23)nc1C(C)(C)C. The van der Waals surface area contributed by atoms with Crippen LogP contribution in [0.1, 0.15) is 52.8 Å². The number of H-pyrrole nitrogens is 1. The largest absolute Gasteiger partial charge is 0.362 e. The van der Waals surface area contributed by atoms with E-state index in [-0.39, 0.29) is 16.5 Å². The smallest absolute Gasteiger partial charge is 0.252 e. The number of hydrogen-bond donors (Lipinski definition) is 1. The van der Waals surface area contributed by atoms with Gasteiger partial charge in [-0.3, -0.25) is 4.98 Å². The van der Waals surface area contributed by atoms with Crippen molar-refractivity contribution in [1.82, 2.24) is 19.6 Å². The van der Waals surface area contributed by atoms with Crippen LogP contribution in [0.25, 0.3) is 16.6 Å². The molecule has 5 heteroatoms. The van der Waals surface area contributed by atoms with Crippen molar-refractivity contribution in [2.75, 3.05) is 0 Å². The zero-order valence-electron chi connectivity index (χ0n) is 14.0. The summed E-state index contributed by atoms with van der Waals surface area (Å²) in [7, 11) is 0. The maximum Gasteiger partial charge on any atom is 0.362 e. The van der Waals surface area contributed by atoms with Gasteiger partial charge < -0.3 is 0 Å². The van der Waals surface area contributed by atoms with E-state index in [1.807, 2.05) is 6.07 Å². The van der Waals surface area contributed by atoms with Crippen molar-refractivity contribution in [2.24, 2.45) is 0 Å². The molecule has 0 unspecified atom stereocenters. The average Bonchev–Trinajstić information content (AvgIpc) is 2.75. The maximum atomic E-state index is 11.5. The zero-order valence-corrected chi connectivity index (χ0v) is 14.0. The standard InChI is InChI=1S/C17H22N4O/c1-16(2,3)11-9-10-12(18-13(11)17(4,5)6)7-8-21-14(10)19-15(22)20-21/h7-9H,1-6H3,(H,20,22). The summed E-state index contributed by atoms with van der Waals surface area (Å²) in [6, 6.07) is 4.06. The molecule has 0 saturated heterocycles. The molecule has 0 aromatic carbocycles. The molecule has 0 fully saturated rings. The molecular formula is C17H22N4O. The van der Waals surface area contributed by atoms with E-state index >= 15 is 0 Å². The fourth-order valence-corrected chi connectivity index (χ4v) is 2.75. The van der Waals surface area contributed by atoms with Gasteiger partial charge in [0.2, 0.25) is 0 Å². The van der Waals surface area contributed by atoms with Crippen LogP contribution in [-0.2, 0) is 10.8 Å². The molecule has 0 aliphatic heterocycles. The Morgan fingerprint density at radius 1 is 1.05 bits per heavy atom. The molecule has 3 aromatic heterocycles. The van der Waals surface area contributed by atoms with E-state index in [1.54, 1.807) is 10.7 Å². The highest BCUT2D eigenvalue weighted by atomic mass is 16.1. The molecule has 5 nitrogen and oxygen atoms in total. The van der Waals surface area contributed by atoms with E-state index in [4.69, 9.17) is 4.98 Å². The molecule has 22 heavy (non-hydrogen) atoms. The number of pyridine rings is 2. The molecule has 1 N–H and O–H groups in total. The number of aromatic amines is 1. The number of hydrogen-bond acceptors (Lipinski definition) is 3. The molecule has 0 radical (unpaired) electrons. The Labute approximate surface area is 129 Å². The Morgan fingerprint density at radius 2 is 1.73 bits per heavy atom. The van der Waals surface area contributed by atoms with Crippen molar-refractivity contribution < 1.29 is 0 Å². The highest BCUT2D eigenvalue weighted by Crippen LogP contribution is 2.35. The van der Waals surface area contributed by atoms with Gasteiger partial charge in [0.25, 0.3) is 0 Å². The summed E-state index contributed by atoms with van der Waals surface area (Å²) in [5, 5.41) is 3.58. The summed E-state index contributed by atoms with van der Waals surface area (Å²) in [4.78, 5) is 20.5. The molecule has 0 saturated carbocycles. The van der Waals surface area contributed by atoms with Gasteiger partial charge in [-0.05, 0) is 23.1 Å². The van der Waals surface area contributed by atoms with Crippen LogP contribution in [0.15, 0.2) is 23.1 Å². The molecule has 116 valence electrons. The molecule has 0 aliphatic rings. The highest BCUT2D eigenvalue weighted by Gasteiger charge is 2.27. The third-order valence-electron chi connectivity index (χ3n) is 3.84. The molecule has 3 aromatic rings. The third kappa shape index (κ3) is 2.30. The first-order chi connectivity index (χ1) is 10.1. The fraction of sp³-hybridized carbons (Fsp3) is 0.471. The molecule has 0 amide bonds. The molecule has 0 aliphatic carbocycles. The lowest BCUT2D eigenvalue weighted by molar-refractivity contribution is 0.516. The molecule has 0 spiro atoms. The zero-order chi connectivity index (χ0) is 16.3. The van der Waals surface area contributed by atoms with Crippen LogP contribution >= 0.6 is 0 Å². The normalized spacial score (nSPS) is 13.2. The molecule has 3 heterocycles. The maximum absolute atomic E-state index is 11.5. The van der Waals surface area contributed by atoms with E-state index in [0.29, 0.717) is 5.65 Å². The van der Waals surface area contributed by atoms with Gasteiger partial charge in [0.1, 0.15) is 0 Å². The van der Waals surface area contributed by atoms with Crippen LogP contribution < -0.4 is 5.69 Å². The lowest BCUT2D eigenvalue weighted by Crippen LogP contribution is -2.23. The highest BCUT2D eigenvalue weighted by molar-refractivity contribution is 5.91. The number of rotatable bonds is 0. The second-order valence-corrected chi connectivity index (χ2v) is 7.86. The van der Waals surface area contributed by atoms with Crippen molar-refractivity contribution in [3.63, 3.8) is 0 Å². The predicted molar refractivity (Wildman–Crippen MR) is 88.5 cm³/mol. The quantitative estimate of drug-likeness (QED) is 0.693. The molecule has 3 rings (SSSR count). The second kappa shape index (κ2) is 4.41. The molecule has 0 atom stereocenters. The minimum absolute atomic E-state index is 0.0345. The Kier molecular flexibility index (Phi) is 2.96. The minimum Gasteiger partial charge on any atom is -0.252 e. The second-order valence-electron chi connectivity index (χ2n) is 7.86. The van der Waals surface area contributed by atoms with E-state index in [1.165, 1.54) is 5.56 Å². The minimum atomic E-state index is -0.343. The summed E-state index contributed by atoms with van der Waals surface area (Å²) in [6.07, 6.45) is 1.79. The lowest BCUT2D eigenvalue weighted by atomic mass is 9.78. The van der Waals surface area contributed by atoms with Crippen LogP contribution in [-0.4, -0.2) is 19.6 Å². The number of nitrogens with one attached hydrogen (secondary N) is 1. The van der Waals surface area contributed by atoms with Gasteiger partial charge in [-0.2, -0.15) is 4.98 Å².